The van der Waals surface area contributed by atoms with Crippen molar-refractivity contribution in [2.24, 2.45) is 7.05 Å². The highest BCUT2D eigenvalue weighted by Crippen LogP contribution is 2.18. The van der Waals surface area contributed by atoms with Gasteiger partial charge in [0.2, 0.25) is 11.7 Å². The highest BCUT2D eigenvalue weighted by atomic mass is 16.2. The number of imidazole rings is 1. The van der Waals surface area contributed by atoms with Crippen molar-refractivity contribution in [3.8, 4) is 11.3 Å². The maximum atomic E-state index is 11.7. The maximum Gasteiger partial charge on any atom is 0.258 e. The second kappa shape index (κ2) is 9.26. The van der Waals surface area contributed by atoms with Gasteiger partial charge in [-0.1, -0.05) is 29.8 Å². The number of rotatable bonds is 4. The summed E-state index contributed by atoms with van der Waals surface area (Å²) in [4.78, 5) is 38.3. The predicted molar refractivity (Wildman–Crippen MR) is 120 cm³/mol. The summed E-state index contributed by atoms with van der Waals surface area (Å²) in [6.07, 6.45) is 6.14. The van der Waals surface area contributed by atoms with Crippen LogP contribution >= 0.6 is 0 Å². The van der Waals surface area contributed by atoms with Crippen LogP contribution < -0.4 is 16.2 Å². The van der Waals surface area contributed by atoms with E-state index in [1.54, 1.807) is 30.6 Å². The van der Waals surface area contributed by atoms with Gasteiger partial charge in [-0.3, -0.25) is 14.0 Å². The number of aromatic nitrogens is 3. The van der Waals surface area contributed by atoms with Gasteiger partial charge >= 0.3 is 0 Å². The van der Waals surface area contributed by atoms with E-state index in [1.807, 2.05) is 42.8 Å². The number of hydrogen-bond donors (Lipinski definition) is 2. The predicted octanol–water partition coefficient (Wildman–Crippen LogP) is 1.84. The summed E-state index contributed by atoms with van der Waals surface area (Å²) in [6, 6.07) is 9.53. The first-order valence-electron chi connectivity index (χ1n) is 10.3. The first-order chi connectivity index (χ1) is 14.7. The van der Waals surface area contributed by atoms with Crippen molar-refractivity contribution in [1.82, 2.24) is 24.6 Å². The van der Waals surface area contributed by atoms with E-state index in [2.05, 4.69) is 15.6 Å². The highest BCUT2D eigenvalue weighted by Gasteiger charge is 2.27. The summed E-state index contributed by atoms with van der Waals surface area (Å²) < 4.78 is 3.40. The Balaban J connectivity index is 0.000000187. The molecule has 1 atom stereocenters. The lowest BCUT2D eigenvalue weighted by atomic mass is 10.1. The van der Waals surface area contributed by atoms with Crippen LogP contribution in [-0.4, -0.2) is 44.3 Å². The Morgan fingerprint density at radius 3 is 2.55 bits per heavy atom. The molecule has 1 aliphatic heterocycles. The van der Waals surface area contributed by atoms with E-state index in [4.69, 9.17) is 0 Å². The van der Waals surface area contributed by atoms with Gasteiger partial charge in [0.25, 0.3) is 5.56 Å². The molecule has 0 bridgehead atoms. The second-order valence-electron chi connectivity index (χ2n) is 8.40. The van der Waals surface area contributed by atoms with E-state index in [-0.39, 0.29) is 17.5 Å². The molecule has 3 heterocycles. The van der Waals surface area contributed by atoms with Crippen LogP contribution in [0.1, 0.15) is 32.3 Å². The Bertz CT molecular complexity index is 1120. The van der Waals surface area contributed by atoms with E-state index >= 15 is 0 Å². The minimum Gasteiger partial charge on any atom is -0.343 e. The van der Waals surface area contributed by atoms with Crippen molar-refractivity contribution in [1.29, 1.82) is 0 Å². The highest BCUT2D eigenvalue weighted by molar-refractivity contribution is 5.85. The number of fused-ring (bicyclic) bond motifs is 1. The van der Waals surface area contributed by atoms with Crippen LogP contribution in [0.25, 0.3) is 17.0 Å². The molecule has 1 saturated heterocycles. The smallest absolute Gasteiger partial charge is 0.258 e. The zero-order valence-corrected chi connectivity index (χ0v) is 18.4. The van der Waals surface area contributed by atoms with Gasteiger partial charge in [-0.25, -0.2) is 4.98 Å². The molecule has 1 amide bonds. The molecule has 8 heteroatoms. The third kappa shape index (κ3) is 5.46. The van der Waals surface area contributed by atoms with Crippen LogP contribution in [0.2, 0.25) is 0 Å². The van der Waals surface area contributed by atoms with Crippen LogP contribution in [0.5, 0.6) is 0 Å². The van der Waals surface area contributed by atoms with Crippen molar-refractivity contribution < 1.29 is 9.59 Å². The molecule has 0 saturated carbocycles. The van der Waals surface area contributed by atoms with Gasteiger partial charge in [0.05, 0.1) is 17.3 Å². The standard InChI is InChI=1S/C14H13N3O.C9H16N2O2/c1-10-3-5-11(6-4-10)12-9-17-13(18)7-8-16(2)14(17)15-12;1-9(2,6-12)11-8(13)7-4-3-5-10-7/h3-9H,1-2H3;6-7,10H,3-5H2,1-2H3,(H,11,13). The monoisotopic (exact) mass is 423 g/mol. The zero-order chi connectivity index (χ0) is 22.6. The Hall–Kier alpha value is -3.26. The summed E-state index contributed by atoms with van der Waals surface area (Å²) in [7, 11) is 1.88. The molecule has 2 aromatic heterocycles. The average molecular weight is 424 g/mol. The van der Waals surface area contributed by atoms with E-state index < -0.39 is 5.54 Å². The van der Waals surface area contributed by atoms with Crippen molar-refractivity contribution in [2.75, 3.05) is 6.54 Å². The number of aryl methyl sites for hydroxylation is 2. The zero-order valence-electron chi connectivity index (χ0n) is 18.4. The van der Waals surface area contributed by atoms with Crippen LogP contribution in [0.15, 0.2) is 47.5 Å². The molecular formula is C23H29N5O3. The molecule has 3 aromatic rings. The van der Waals surface area contributed by atoms with Crippen molar-refractivity contribution in [3.05, 3.63) is 58.6 Å². The lowest BCUT2D eigenvalue weighted by Gasteiger charge is -2.21. The molecule has 0 spiro atoms. The third-order valence-corrected chi connectivity index (χ3v) is 5.15. The number of carbonyl (C=O) groups excluding carboxylic acids is 2. The van der Waals surface area contributed by atoms with Crippen molar-refractivity contribution in [2.45, 2.75) is 45.2 Å². The largest absolute Gasteiger partial charge is 0.343 e. The lowest BCUT2D eigenvalue weighted by Crippen LogP contribution is -2.51. The van der Waals surface area contributed by atoms with Crippen LogP contribution in [-0.2, 0) is 16.6 Å². The van der Waals surface area contributed by atoms with Crippen LogP contribution in [0.3, 0.4) is 0 Å². The second-order valence-corrected chi connectivity index (χ2v) is 8.40. The summed E-state index contributed by atoms with van der Waals surface area (Å²) in [6.45, 7) is 6.31. The van der Waals surface area contributed by atoms with Gasteiger partial charge in [-0.2, -0.15) is 0 Å². The summed E-state index contributed by atoms with van der Waals surface area (Å²) in [5.74, 6) is 0.577. The molecule has 4 rings (SSSR count). The summed E-state index contributed by atoms with van der Waals surface area (Å²) in [5, 5.41) is 5.75. The van der Waals surface area contributed by atoms with Crippen LogP contribution in [0.4, 0.5) is 0 Å². The quantitative estimate of drug-likeness (QED) is 0.624. The van der Waals surface area contributed by atoms with E-state index in [9.17, 15) is 14.4 Å². The molecule has 1 unspecified atom stereocenters. The van der Waals surface area contributed by atoms with Gasteiger partial charge < -0.3 is 20.0 Å². The first-order valence-corrected chi connectivity index (χ1v) is 10.3. The molecule has 1 fully saturated rings. The SMILES string of the molecule is CC(C)(C=O)NC(=O)C1CCCN1.Cc1ccc(-c2cn3c(=O)ccn(C)c3n2)cc1. The number of aldehydes is 1. The third-order valence-electron chi connectivity index (χ3n) is 5.15. The number of carbonyl (C=O) groups is 2. The molecule has 0 radical (unpaired) electrons. The number of nitrogens with zero attached hydrogens (tertiary/aromatic N) is 3. The molecule has 1 aliphatic rings. The van der Waals surface area contributed by atoms with Crippen molar-refractivity contribution in [3.63, 3.8) is 0 Å². The van der Waals surface area contributed by atoms with Gasteiger partial charge in [-0.15, -0.1) is 0 Å². The van der Waals surface area contributed by atoms with Gasteiger partial charge in [0, 0.05) is 31.1 Å². The molecule has 164 valence electrons. The normalized spacial score (nSPS) is 15.9. The van der Waals surface area contributed by atoms with Gasteiger partial charge in [0.1, 0.15) is 6.29 Å². The molecule has 1 aromatic carbocycles. The number of nitrogens with one attached hydrogen (secondary N) is 2. The molecular weight excluding hydrogens is 394 g/mol. The topological polar surface area (TPSA) is 97.5 Å². The van der Waals surface area contributed by atoms with E-state index in [1.165, 1.54) is 11.6 Å². The number of benzene rings is 1. The molecule has 31 heavy (non-hydrogen) atoms. The maximum absolute atomic E-state index is 11.7. The summed E-state index contributed by atoms with van der Waals surface area (Å²) in [5.41, 5.74) is 2.23. The Morgan fingerprint density at radius 2 is 1.97 bits per heavy atom. The Kier molecular flexibility index (Phi) is 6.70. The molecule has 0 aliphatic carbocycles. The molecule has 8 nitrogen and oxygen atoms in total. The van der Waals surface area contributed by atoms with Gasteiger partial charge in [-0.05, 0) is 40.2 Å². The van der Waals surface area contributed by atoms with Crippen LogP contribution in [0, 0.1) is 6.92 Å². The van der Waals surface area contributed by atoms with Crippen molar-refractivity contribution >= 4 is 18.0 Å². The molecule has 2 N–H and O–H groups in total. The number of hydrogen-bond acceptors (Lipinski definition) is 5. The fraction of sp³-hybridized carbons (Fsp3) is 0.391. The first kappa shape index (κ1) is 22.4. The summed E-state index contributed by atoms with van der Waals surface area (Å²) >= 11 is 0. The minimum absolute atomic E-state index is 0.0611. The number of amides is 1. The Morgan fingerprint density at radius 1 is 1.26 bits per heavy atom. The fourth-order valence-corrected chi connectivity index (χ4v) is 3.31. The van der Waals surface area contributed by atoms with E-state index in [0.717, 1.165) is 36.9 Å². The fourth-order valence-electron chi connectivity index (χ4n) is 3.31. The lowest BCUT2D eigenvalue weighted by molar-refractivity contribution is -0.127. The average Bonchev–Trinajstić information content (AvgIpc) is 3.42. The van der Waals surface area contributed by atoms with E-state index in [0.29, 0.717) is 5.78 Å². The van der Waals surface area contributed by atoms with Gasteiger partial charge in [0.15, 0.2) is 0 Å². The Labute approximate surface area is 181 Å². The minimum atomic E-state index is -0.749.